The Hall–Kier alpha value is -5.97. The molecule has 1 saturated heterocycles. The summed E-state index contributed by atoms with van der Waals surface area (Å²) in [6.07, 6.45) is 28.7. The Morgan fingerprint density at radius 3 is 1.45 bits per heavy atom. The van der Waals surface area contributed by atoms with Gasteiger partial charge in [0.1, 0.15) is 29.1 Å². The summed E-state index contributed by atoms with van der Waals surface area (Å²) < 4.78 is 65.5. The summed E-state index contributed by atoms with van der Waals surface area (Å²) in [5.41, 5.74) is 10.8. The predicted molar refractivity (Wildman–Crippen MR) is 465 cm³/mol. The molecular weight excluding hydrogens is 1790 g/mol. The third-order valence-electron chi connectivity index (χ3n) is 19.6. The SMILES string of the molecule is C#Cc1ccc(F)cc1.CCC1CCC(=NO)CC1.CCC1CCC(=O)CC1.CCC1CCNC(=O)CC1.CCC1CCc2nc3cc(Br)ccc3c(=O)n2CC1.CCC1CCc2nc3cc(C#Cc4ccc(F)cc4)ccc3c(=O)n2CC1.Cl.NO.Nc1cc(Br)ccc1OC=O.O=CO[O-].O=S(=O)(Cl)c1ccccc1.O=S(Cl)Cl.[H-].[Na+].[Na+]. The van der Waals surface area contributed by atoms with Gasteiger partial charge in [0.05, 0.1) is 38.1 Å². The number of oxime groups is 1. The van der Waals surface area contributed by atoms with Crippen molar-refractivity contribution in [2.75, 3.05) is 12.3 Å². The van der Waals surface area contributed by atoms with Crippen molar-refractivity contribution in [1.29, 1.82) is 0 Å². The molecular formula is C84H104Br2Cl4F2N8Na2O14S2. The van der Waals surface area contributed by atoms with Crippen molar-refractivity contribution in [3.05, 3.63) is 203 Å². The molecule has 0 radical (unpaired) electrons. The zero-order valence-electron chi connectivity index (χ0n) is 68.6. The van der Waals surface area contributed by atoms with Crippen LogP contribution in [-0.4, -0.2) is 79.0 Å². The molecule has 5 heterocycles. The number of rotatable bonds is 9. The van der Waals surface area contributed by atoms with Gasteiger partial charge in [-0.1, -0.05) is 140 Å². The van der Waals surface area contributed by atoms with Crippen LogP contribution < -0.4 is 97.2 Å². The number of Topliss-reactive ketones (excluding diaryl/α,β-unsaturated/α-hetero) is 1. The largest absolute Gasteiger partial charge is 1.00 e. The zero-order valence-corrected chi connectivity index (χ0v) is 79.4. The molecule has 7 N–H and O–H groups in total. The van der Waals surface area contributed by atoms with Gasteiger partial charge in [0.15, 0.2) is 5.75 Å². The van der Waals surface area contributed by atoms with E-state index in [9.17, 15) is 41.2 Å². The molecule has 634 valence electrons. The minimum Gasteiger partial charge on any atom is -1.00 e. The maximum Gasteiger partial charge on any atom is 1.00 e. The number of nitrogens with one attached hydrogen (secondary N) is 1. The van der Waals surface area contributed by atoms with E-state index in [1.165, 1.54) is 81.3 Å². The summed E-state index contributed by atoms with van der Waals surface area (Å²) in [5, 5.41) is 30.8. The quantitative estimate of drug-likeness (QED) is 0.0131. The van der Waals surface area contributed by atoms with Crippen molar-refractivity contribution in [2.24, 2.45) is 40.6 Å². The van der Waals surface area contributed by atoms with E-state index in [-0.39, 0.29) is 113 Å². The van der Waals surface area contributed by atoms with Crippen LogP contribution in [0.2, 0.25) is 0 Å². The number of nitrogens with two attached hydrogens (primary N) is 2. The van der Waals surface area contributed by atoms with E-state index in [4.69, 9.17) is 57.5 Å². The third kappa shape index (κ3) is 43.7. The number of carbonyl (C=O) groups is 4. The van der Waals surface area contributed by atoms with Crippen molar-refractivity contribution >= 4 is 152 Å². The first kappa shape index (κ1) is 112. The summed E-state index contributed by atoms with van der Waals surface area (Å²) in [5.74, 6) is 18.3. The van der Waals surface area contributed by atoms with Crippen LogP contribution in [0, 0.1) is 65.4 Å². The smallest absolute Gasteiger partial charge is 1.00 e. The van der Waals surface area contributed by atoms with Gasteiger partial charge in [0.25, 0.3) is 33.1 Å². The number of terminal acetylenes is 1. The summed E-state index contributed by atoms with van der Waals surface area (Å²) >= 11 is 6.66. The van der Waals surface area contributed by atoms with Gasteiger partial charge >= 0.3 is 59.1 Å². The number of anilines is 1. The number of nitrogen functional groups attached to an aromatic ring is 1. The van der Waals surface area contributed by atoms with Gasteiger partial charge in [-0.2, -0.15) is 0 Å². The van der Waals surface area contributed by atoms with Gasteiger partial charge in [-0.3, -0.25) is 37.9 Å². The standard InChI is InChI=1S/C23H21FN2O.C15H17BrN2O.C8H5F.2C8H15NO.C8H14O.C7H6BrNO2.C6H5ClO2S.CH2O3.Cl2OS.ClH.H3NO.2Na.H/c1-2-16-8-12-22-25-21-15-18(4-3-17-5-9-19(24)10-6-17)7-11-20(21)23(27)26(22)14-13-16;1-2-10-3-6-14-17-13-9-11(16)4-5-12(13)15(19)18(14)8-7-10;1-2-7-3-5-8(9)6-4-7;1-2-7-3-5-8(9-10)6-4-7;1-2-7-3-4-8(10)9-6-5-7;1-2-7-3-5-8(9)6-4-7;8-5-1-2-7(11-4-10)6(9)3-5;7-10(8,9)6-4-2-1-3-5-6;2-1-4-3;1-4(2)3;;1-2;;;/h5-7,9-11,15-16H,2,8,12-14H2,1H3;4-5,9-10H,2-3,6-8H2,1H3;1,3-6H;7,10H,2-6H2,1H3;7H,2-6H2,1H3,(H,9,10);7H,2-6H2,1H3;1-4H,9H2;1-5H;1,3H;;1H;2H,1H2;;;/q;;;;;;;;;;;;2*+1;-1/p-1. The number of nitrogens with zero attached hydrogens (tertiary/aromatic N) is 5. The summed E-state index contributed by atoms with van der Waals surface area (Å²) in [7, 11) is 8.86. The molecule has 3 aliphatic heterocycles. The number of aromatic nitrogens is 4. The second-order valence-corrected chi connectivity index (χ2v) is 33.8. The van der Waals surface area contributed by atoms with E-state index < -0.39 is 18.3 Å². The summed E-state index contributed by atoms with van der Waals surface area (Å²) in [6.45, 7) is 13.7. The molecule has 3 fully saturated rings. The first-order chi connectivity index (χ1) is 55.1. The topological polar surface area (TPSA) is 348 Å². The normalized spacial score (nSPS) is 16.1. The Kier molecular flexibility index (Phi) is 60.7. The first-order valence-corrected chi connectivity index (χ1v) is 44.4. The van der Waals surface area contributed by atoms with Crippen molar-refractivity contribution in [3.63, 3.8) is 0 Å². The molecule has 8 aromatic rings. The molecule has 2 aromatic heterocycles. The van der Waals surface area contributed by atoms with Crippen LogP contribution in [0.15, 0.2) is 162 Å². The van der Waals surface area contributed by atoms with Gasteiger partial charge < -0.3 is 37.8 Å². The van der Waals surface area contributed by atoms with Crippen LogP contribution in [-0.2, 0) is 68.3 Å². The molecule has 13 rings (SSSR count). The maximum absolute atomic E-state index is 13.0. The van der Waals surface area contributed by atoms with Gasteiger partial charge in [-0.15, -0.1) is 18.8 Å². The Bertz CT molecular complexity index is 4740. The minimum absolute atomic E-state index is 0. The van der Waals surface area contributed by atoms with Crippen LogP contribution in [0.3, 0.4) is 0 Å². The number of carbonyl (C=O) groups excluding carboxylic acids is 4. The number of amides is 1. The van der Waals surface area contributed by atoms with Gasteiger partial charge in [0, 0.05) is 109 Å². The Balaban J connectivity index is 0. The number of hydrogen-bond donors (Lipinski definition) is 5. The number of aryl methyl sites for hydroxylation is 2. The number of hydrogen-bond acceptors (Lipinski definition) is 19. The third-order valence-corrected chi connectivity index (χ3v) is 21.9. The average Bonchev–Trinajstić information content (AvgIpc) is 1.78. The Morgan fingerprint density at radius 2 is 1.02 bits per heavy atom. The Morgan fingerprint density at radius 1 is 0.619 bits per heavy atom. The number of ketones is 1. The number of halogens is 8. The van der Waals surface area contributed by atoms with E-state index >= 15 is 0 Å². The van der Waals surface area contributed by atoms with E-state index in [1.807, 2.05) is 45.5 Å². The fourth-order valence-electron chi connectivity index (χ4n) is 12.6. The van der Waals surface area contributed by atoms with Crippen LogP contribution in [0.1, 0.15) is 193 Å². The molecule has 5 aliphatic rings. The van der Waals surface area contributed by atoms with Crippen LogP contribution in [0.4, 0.5) is 14.5 Å². The molecule has 22 nitrogen and oxygen atoms in total. The monoisotopic (exact) mass is 1890 g/mol. The zero-order chi connectivity index (χ0) is 85.3. The number of fused-ring (bicyclic) bond motifs is 4. The fraction of sp³-hybridized carbons (Fsp3) is 0.417. The molecule has 2 saturated carbocycles. The van der Waals surface area contributed by atoms with Crippen molar-refractivity contribution < 1.29 is 126 Å². The molecule has 0 spiro atoms. The molecule has 1 amide bonds. The van der Waals surface area contributed by atoms with Crippen molar-refractivity contribution in [2.45, 2.75) is 194 Å². The molecule has 6 aromatic carbocycles. The second kappa shape index (κ2) is 63.9. The van der Waals surface area contributed by atoms with Crippen LogP contribution >= 0.6 is 76.3 Å². The first-order valence-electron chi connectivity index (χ1n) is 37.7. The predicted octanol–water partition coefficient (Wildman–Crippen LogP) is 12.0. The van der Waals surface area contributed by atoms with Gasteiger partial charge in [-0.25, -0.2) is 37.3 Å². The molecule has 3 unspecified atom stereocenters. The summed E-state index contributed by atoms with van der Waals surface area (Å²) in [6, 6.07) is 36.0. The van der Waals surface area contributed by atoms with Crippen molar-refractivity contribution in [1.82, 2.24) is 24.4 Å². The summed E-state index contributed by atoms with van der Waals surface area (Å²) in [4.78, 5) is 77.8. The molecule has 2 aliphatic carbocycles. The number of benzene rings is 6. The maximum atomic E-state index is 13.0. The Labute approximate surface area is 775 Å². The molecule has 34 heteroatoms. The van der Waals surface area contributed by atoms with E-state index in [1.54, 1.807) is 60.7 Å². The van der Waals surface area contributed by atoms with Crippen LogP contribution in [0.5, 0.6) is 5.75 Å². The molecule has 0 bridgehead atoms. The molecule has 3 atom stereocenters. The van der Waals surface area contributed by atoms with E-state index in [0.717, 1.165) is 188 Å². The van der Waals surface area contributed by atoms with E-state index in [2.05, 4.69) is 132 Å². The minimum atomic E-state index is -3.53. The number of ether oxygens (including phenoxy) is 1. The van der Waals surface area contributed by atoms with Crippen molar-refractivity contribution in [3.8, 4) is 29.9 Å². The second-order valence-electron chi connectivity index (χ2n) is 26.9. The van der Waals surface area contributed by atoms with Crippen LogP contribution in [0.25, 0.3) is 21.8 Å². The average molecular weight is 1900 g/mol. The van der Waals surface area contributed by atoms with Gasteiger partial charge in [0.2, 0.25) is 15.1 Å². The van der Waals surface area contributed by atoms with E-state index in [0.29, 0.717) is 46.1 Å². The fourth-order valence-corrected chi connectivity index (χ4v) is 14.1. The van der Waals surface area contributed by atoms with Gasteiger partial charge in [-0.05, 0) is 222 Å². The molecule has 118 heavy (non-hydrogen) atoms.